The van der Waals surface area contributed by atoms with Crippen LogP contribution in [-0.4, -0.2) is 6.03 Å². The standard InChI is InChI=1S/C19H15Cl2N3O/c20-17-12-11-14(13-18(17)21)22-19(25)23-24(15-7-3-1-4-8-15)16-9-5-2-6-10-16/h1-13H,(H2,22,23,25). The van der Waals surface area contributed by atoms with Gasteiger partial charge >= 0.3 is 6.03 Å². The summed E-state index contributed by atoms with van der Waals surface area (Å²) in [6, 6.07) is 23.6. The monoisotopic (exact) mass is 371 g/mol. The van der Waals surface area contributed by atoms with E-state index in [2.05, 4.69) is 10.7 Å². The van der Waals surface area contributed by atoms with Gasteiger partial charge in [-0.3, -0.25) is 5.01 Å². The summed E-state index contributed by atoms with van der Waals surface area (Å²) in [6.45, 7) is 0. The van der Waals surface area contributed by atoms with Gasteiger partial charge in [-0.05, 0) is 42.5 Å². The SMILES string of the molecule is O=C(Nc1ccc(Cl)c(Cl)c1)NN(c1ccccc1)c1ccccc1. The molecule has 0 bridgehead atoms. The lowest BCUT2D eigenvalue weighted by molar-refractivity contribution is 0.252. The van der Waals surface area contributed by atoms with Gasteiger partial charge in [0, 0.05) is 5.69 Å². The zero-order valence-electron chi connectivity index (χ0n) is 13.1. The number of rotatable bonds is 4. The lowest BCUT2D eigenvalue weighted by atomic mass is 10.2. The topological polar surface area (TPSA) is 44.4 Å². The maximum atomic E-state index is 12.4. The molecule has 0 unspecified atom stereocenters. The first-order valence-corrected chi connectivity index (χ1v) is 8.32. The Morgan fingerprint density at radius 3 is 1.84 bits per heavy atom. The average molecular weight is 372 g/mol. The second-order valence-corrected chi connectivity index (χ2v) is 6.02. The maximum absolute atomic E-state index is 12.4. The number of anilines is 3. The van der Waals surface area contributed by atoms with Crippen LogP contribution in [0.5, 0.6) is 0 Å². The van der Waals surface area contributed by atoms with Gasteiger partial charge in [-0.15, -0.1) is 0 Å². The number of carbonyl (C=O) groups is 1. The minimum atomic E-state index is -0.397. The average Bonchev–Trinajstić information content (AvgIpc) is 2.64. The molecule has 2 amide bonds. The number of amides is 2. The van der Waals surface area contributed by atoms with Crippen LogP contribution in [0.2, 0.25) is 10.0 Å². The normalized spacial score (nSPS) is 10.2. The van der Waals surface area contributed by atoms with Crippen LogP contribution in [-0.2, 0) is 0 Å². The Bertz CT molecular complexity index is 818. The van der Waals surface area contributed by atoms with Crippen molar-refractivity contribution in [1.29, 1.82) is 0 Å². The molecule has 25 heavy (non-hydrogen) atoms. The fourth-order valence-corrected chi connectivity index (χ4v) is 2.56. The van der Waals surface area contributed by atoms with Crippen LogP contribution in [0.3, 0.4) is 0 Å². The zero-order valence-corrected chi connectivity index (χ0v) is 14.6. The largest absolute Gasteiger partial charge is 0.338 e. The minimum Gasteiger partial charge on any atom is -0.307 e. The first-order valence-electron chi connectivity index (χ1n) is 7.56. The quantitative estimate of drug-likeness (QED) is 0.563. The van der Waals surface area contributed by atoms with Crippen molar-refractivity contribution < 1.29 is 4.79 Å². The van der Waals surface area contributed by atoms with Crippen LogP contribution in [0.1, 0.15) is 0 Å². The minimum absolute atomic E-state index is 0.377. The Balaban J connectivity index is 1.80. The molecule has 0 atom stereocenters. The molecular formula is C19H15Cl2N3O. The van der Waals surface area contributed by atoms with E-state index in [1.165, 1.54) is 0 Å². The first kappa shape index (κ1) is 17.1. The number of benzene rings is 3. The smallest absolute Gasteiger partial charge is 0.307 e. The van der Waals surface area contributed by atoms with E-state index in [1.807, 2.05) is 60.7 Å². The van der Waals surface area contributed by atoms with Crippen LogP contribution >= 0.6 is 23.2 Å². The van der Waals surface area contributed by atoms with Crippen LogP contribution < -0.4 is 15.8 Å². The number of hydrazine groups is 1. The highest BCUT2D eigenvalue weighted by molar-refractivity contribution is 6.42. The molecular weight excluding hydrogens is 357 g/mol. The van der Waals surface area contributed by atoms with Gasteiger partial charge in [-0.2, -0.15) is 0 Å². The van der Waals surface area contributed by atoms with Gasteiger partial charge in [-0.1, -0.05) is 59.6 Å². The predicted octanol–water partition coefficient (Wildman–Crippen LogP) is 5.87. The molecule has 6 heteroatoms. The number of hydrogen-bond donors (Lipinski definition) is 2. The summed E-state index contributed by atoms with van der Waals surface area (Å²) >= 11 is 11.9. The third kappa shape index (κ3) is 4.44. The zero-order chi connectivity index (χ0) is 17.6. The summed E-state index contributed by atoms with van der Waals surface area (Å²) < 4.78 is 0. The van der Waals surface area contributed by atoms with Crippen LogP contribution in [0.15, 0.2) is 78.9 Å². The van der Waals surface area contributed by atoms with Crippen LogP contribution in [0, 0.1) is 0 Å². The number of urea groups is 1. The fraction of sp³-hybridized carbons (Fsp3) is 0. The second kappa shape index (κ2) is 7.92. The molecule has 0 aromatic heterocycles. The number of hydrogen-bond acceptors (Lipinski definition) is 2. The molecule has 0 radical (unpaired) electrons. The van der Waals surface area contributed by atoms with E-state index in [0.29, 0.717) is 15.7 Å². The molecule has 0 saturated carbocycles. The van der Waals surface area contributed by atoms with E-state index in [-0.39, 0.29) is 0 Å². The highest BCUT2D eigenvalue weighted by Gasteiger charge is 2.13. The molecule has 3 rings (SSSR count). The molecule has 0 saturated heterocycles. The van der Waals surface area contributed by atoms with Gasteiger partial charge < -0.3 is 5.32 Å². The van der Waals surface area contributed by atoms with Gasteiger partial charge in [0.05, 0.1) is 21.4 Å². The van der Waals surface area contributed by atoms with Crippen molar-refractivity contribution in [2.45, 2.75) is 0 Å². The van der Waals surface area contributed by atoms with E-state index in [1.54, 1.807) is 23.2 Å². The van der Waals surface area contributed by atoms with Gasteiger partial charge in [0.15, 0.2) is 0 Å². The fourth-order valence-electron chi connectivity index (χ4n) is 2.27. The van der Waals surface area contributed by atoms with E-state index in [4.69, 9.17) is 23.2 Å². The highest BCUT2D eigenvalue weighted by atomic mass is 35.5. The Morgan fingerprint density at radius 2 is 1.32 bits per heavy atom. The van der Waals surface area contributed by atoms with Crippen molar-refractivity contribution in [2.75, 3.05) is 10.3 Å². The van der Waals surface area contributed by atoms with E-state index in [0.717, 1.165) is 11.4 Å². The molecule has 3 aromatic carbocycles. The summed E-state index contributed by atoms with van der Waals surface area (Å²) in [6.07, 6.45) is 0. The Hall–Kier alpha value is -2.69. The second-order valence-electron chi connectivity index (χ2n) is 5.20. The molecule has 2 N–H and O–H groups in total. The lowest BCUT2D eigenvalue weighted by Crippen LogP contribution is -2.41. The number of halogens is 2. The van der Waals surface area contributed by atoms with Crippen molar-refractivity contribution >= 4 is 46.3 Å². The van der Waals surface area contributed by atoms with Gasteiger partial charge in [0.2, 0.25) is 0 Å². The molecule has 126 valence electrons. The van der Waals surface area contributed by atoms with E-state index in [9.17, 15) is 4.79 Å². The third-order valence-corrected chi connectivity index (χ3v) is 4.16. The first-order chi connectivity index (χ1) is 12.1. The lowest BCUT2D eigenvalue weighted by Gasteiger charge is -2.25. The molecule has 0 spiro atoms. The van der Waals surface area contributed by atoms with Crippen molar-refractivity contribution in [3.05, 3.63) is 88.9 Å². The maximum Gasteiger partial charge on any atom is 0.338 e. The molecule has 0 heterocycles. The molecule has 0 fully saturated rings. The van der Waals surface area contributed by atoms with E-state index < -0.39 is 6.03 Å². The third-order valence-electron chi connectivity index (χ3n) is 3.42. The number of nitrogens with one attached hydrogen (secondary N) is 2. The summed E-state index contributed by atoms with van der Waals surface area (Å²) in [5, 5.41) is 5.26. The molecule has 3 aromatic rings. The summed E-state index contributed by atoms with van der Waals surface area (Å²) in [7, 11) is 0. The predicted molar refractivity (Wildman–Crippen MR) is 104 cm³/mol. The Morgan fingerprint density at radius 1 is 0.760 bits per heavy atom. The summed E-state index contributed by atoms with van der Waals surface area (Å²) in [4.78, 5) is 12.4. The summed E-state index contributed by atoms with van der Waals surface area (Å²) in [5.74, 6) is 0. The van der Waals surface area contributed by atoms with Gasteiger partial charge in [-0.25, -0.2) is 10.2 Å². The van der Waals surface area contributed by atoms with E-state index >= 15 is 0 Å². The molecule has 0 aliphatic heterocycles. The summed E-state index contributed by atoms with van der Waals surface area (Å²) in [5.41, 5.74) is 5.05. The number of para-hydroxylation sites is 2. The number of carbonyl (C=O) groups excluding carboxylic acids is 1. The molecule has 0 aliphatic rings. The Labute approximate surface area is 156 Å². The number of nitrogens with zero attached hydrogens (tertiary/aromatic N) is 1. The van der Waals surface area contributed by atoms with Crippen molar-refractivity contribution in [1.82, 2.24) is 5.43 Å². The molecule has 0 aliphatic carbocycles. The van der Waals surface area contributed by atoms with Crippen molar-refractivity contribution in [3.63, 3.8) is 0 Å². The van der Waals surface area contributed by atoms with Gasteiger partial charge in [0.25, 0.3) is 0 Å². The molecule has 4 nitrogen and oxygen atoms in total. The highest BCUT2D eigenvalue weighted by Crippen LogP contribution is 2.25. The van der Waals surface area contributed by atoms with Gasteiger partial charge in [0.1, 0.15) is 0 Å². The van der Waals surface area contributed by atoms with Crippen LogP contribution in [0.25, 0.3) is 0 Å². The Kier molecular flexibility index (Phi) is 5.43. The van der Waals surface area contributed by atoms with Crippen molar-refractivity contribution in [3.8, 4) is 0 Å². The van der Waals surface area contributed by atoms with Crippen LogP contribution in [0.4, 0.5) is 21.9 Å². The van der Waals surface area contributed by atoms with Crippen molar-refractivity contribution in [2.24, 2.45) is 0 Å².